The van der Waals surface area contributed by atoms with Crippen LogP contribution in [0.4, 0.5) is 11.4 Å². The summed E-state index contributed by atoms with van der Waals surface area (Å²) in [5, 5.41) is 22.0. The Bertz CT molecular complexity index is 1420. The van der Waals surface area contributed by atoms with Crippen LogP contribution in [0.5, 0.6) is 0 Å². The number of rotatable bonds is 17. The molecule has 0 bridgehead atoms. The van der Waals surface area contributed by atoms with Gasteiger partial charge in [0.1, 0.15) is 12.2 Å². The Morgan fingerprint density at radius 1 is 0.553 bits per heavy atom. The number of benzene rings is 2. The van der Waals surface area contributed by atoms with Gasteiger partial charge < -0.3 is 20.0 Å². The second-order valence-electron chi connectivity index (χ2n) is 12.7. The van der Waals surface area contributed by atoms with Crippen LogP contribution in [-0.4, -0.2) is 75.1 Å². The van der Waals surface area contributed by atoms with E-state index >= 15 is 0 Å². The zero-order valence-corrected chi connectivity index (χ0v) is 28.8. The highest BCUT2D eigenvalue weighted by molar-refractivity contribution is 5.71. The number of aromatic nitrogens is 2. The molecule has 2 aromatic heterocycles. The van der Waals surface area contributed by atoms with Crippen molar-refractivity contribution in [3.05, 3.63) is 120 Å². The molecule has 47 heavy (non-hydrogen) atoms. The van der Waals surface area contributed by atoms with Crippen molar-refractivity contribution < 1.29 is 19.3 Å². The van der Waals surface area contributed by atoms with Crippen LogP contribution >= 0.6 is 0 Å². The highest BCUT2D eigenvalue weighted by Gasteiger charge is 2.20. The summed E-state index contributed by atoms with van der Waals surface area (Å²) in [5.41, 5.74) is 6.89. The van der Waals surface area contributed by atoms with E-state index in [0.29, 0.717) is 26.2 Å². The van der Waals surface area contributed by atoms with Gasteiger partial charge in [-0.05, 0) is 59.5 Å². The molecule has 2 unspecified atom stereocenters. The molecule has 2 atom stereocenters. The van der Waals surface area contributed by atoms with E-state index < -0.39 is 12.2 Å². The molecular formula is C40H53N5O2+2. The topological polar surface area (TPSA) is 57.9 Å². The molecule has 4 aromatic rings. The lowest BCUT2D eigenvalue weighted by molar-refractivity contribution is -0.704. The van der Waals surface area contributed by atoms with E-state index in [1.165, 1.54) is 11.4 Å². The molecule has 0 aliphatic carbocycles. The first-order valence-corrected chi connectivity index (χ1v) is 16.7. The summed E-state index contributed by atoms with van der Waals surface area (Å²) in [5.74, 6) is 0. The monoisotopic (exact) mass is 635 g/mol. The van der Waals surface area contributed by atoms with Crippen molar-refractivity contribution in [3.63, 3.8) is 0 Å². The van der Waals surface area contributed by atoms with Crippen LogP contribution in [0.25, 0.3) is 24.3 Å². The highest BCUT2D eigenvalue weighted by Crippen LogP contribution is 2.15. The van der Waals surface area contributed by atoms with Crippen molar-refractivity contribution in [1.82, 2.24) is 4.90 Å². The lowest BCUT2D eigenvalue weighted by atomic mass is 10.1. The molecule has 2 N–H and O–H groups in total. The van der Waals surface area contributed by atoms with Gasteiger partial charge in [0.25, 0.3) is 0 Å². The summed E-state index contributed by atoms with van der Waals surface area (Å²) >= 11 is 0. The van der Waals surface area contributed by atoms with Gasteiger partial charge in [0, 0.05) is 76.9 Å². The third-order valence-electron chi connectivity index (χ3n) is 8.20. The summed E-state index contributed by atoms with van der Waals surface area (Å²) in [6.45, 7) is 5.03. The van der Waals surface area contributed by atoms with E-state index in [1.807, 2.05) is 62.1 Å². The average molecular weight is 636 g/mol. The normalized spacial score (nSPS) is 13.0. The van der Waals surface area contributed by atoms with Gasteiger partial charge in [0.2, 0.25) is 0 Å². The molecule has 2 aromatic carbocycles. The van der Waals surface area contributed by atoms with Crippen molar-refractivity contribution in [2.75, 3.05) is 57.6 Å². The Balaban J connectivity index is 1.25. The van der Waals surface area contributed by atoms with Gasteiger partial charge in [-0.1, -0.05) is 61.9 Å². The lowest BCUT2D eigenvalue weighted by Gasteiger charge is -2.25. The van der Waals surface area contributed by atoms with Gasteiger partial charge in [-0.15, -0.1) is 0 Å². The summed E-state index contributed by atoms with van der Waals surface area (Å²) in [6.07, 6.45) is 17.5. The van der Waals surface area contributed by atoms with Gasteiger partial charge in [0.05, 0.1) is 0 Å². The van der Waals surface area contributed by atoms with Crippen molar-refractivity contribution in [2.24, 2.45) is 0 Å². The summed E-state index contributed by atoms with van der Waals surface area (Å²) < 4.78 is 4.04. The summed E-state index contributed by atoms with van der Waals surface area (Å²) in [7, 11) is 8.17. The maximum absolute atomic E-state index is 11.0. The van der Waals surface area contributed by atoms with E-state index in [0.717, 1.165) is 41.6 Å². The Hall–Kier alpha value is -4.30. The first-order valence-electron chi connectivity index (χ1n) is 16.7. The Morgan fingerprint density at radius 2 is 0.894 bits per heavy atom. The zero-order chi connectivity index (χ0) is 33.6. The van der Waals surface area contributed by atoms with Crippen LogP contribution in [-0.2, 0) is 13.1 Å². The molecule has 7 heteroatoms. The predicted molar refractivity (Wildman–Crippen MR) is 196 cm³/mol. The predicted octanol–water partition coefficient (Wildman–Crippen LogP) is 5.26. The number of aliphatic hydroxyl groups excluding tert-OH is 2. The SMILES string of the molecule is CCCCN(CC(O)C[n+]1ccc(/C=C/c2ccc(N(C)C)cc2)cc1)CC(O)C[n+]1ccc(/C=C/c2ccc(N(C)C)cc2)cc1. The number of nitrogens with zero attached hydrogens (tertiary/aromatic N) is 5. The zero-order valence-electron chi connectivity index (χ0n) is 28.8. The fourth-order valence-corrected chi connectivity index (χ4v) is 5.39. The molecule has 7 nitrogen and oxygen atoms in total. The molecule has 4 rings (SSSR count). The molecule has 0 spiro atoms. The summed E-state index contributed by atoms with van der Waals surface area (Å²) in [4.78, 5) is 6.38. The van der Waals surface area contributed by atoms with Crippen LogP contribution in [0.15, 0.2) is 97.6 Å². The Labute approximate surface area is 282 Å². The van der Waals surface area contributed by atoms with Gasteiger partial charge in [0.15, 0.2) is 37.9 Å². The first-order chi connectivity index (χ1) is 22.7. The van der Waals surface area contributed by atoms with E-state index in [1.54, 1.807) is 0 Å². The van der Waals surface area contributed by atoms with Gasteiger partial charge in [-0.25, -0.2) is 9.13 Å². The van der Waals surface area contributed by atoms with Crippen LogP contribution in [0.2, 0.25) is 0 Å². The van der Waals surface area contributed by atoms with E-state index in [2.05, 4.69) is 119 Å². The summed E-state index contributed by atoms with van der Waals surface area (Å²) in [6, 6.07) is 25.2. The van der Waals surface area contributed by atoms with Crippen LogP contribution in [0.1, 0.15) is 42.0 Å². The van der Waals surface area contributed by atoms with Crippen molar-refractivity contribution >= 4 is 35.7 Å². The molecule has 248 valence electrons. The fraction of sp³-hybridized carbons (Fsp3) is 0.350. The number of unbranched alkanes of at least 4 members (excludes halogenated alkanes) is 1. The quantitative estimate of drug-likeness (QED) is 0.155. The first kappa shape index (κ1) is 35.6. The van der Waals surface area contributed by atoms with Crippen LogP contribution < -0.4 is 18.9 Å². The number of aliphatic hydroxyl groups is 2. The molecule has 0 saturated heterocycles. The molecule has 0 saturated carbocycles. The van der Waals surface area contributed by atoms with Crippen LogP contribution in [0, 0.1) is 0 Å². The van der Waals surface area contributed by atoms with E-state index in [4.69, 9.17) is 0 Å². The number of pyridine rings is 2. The van der Waals surface area contributed by atoms with Gasteiger partial charge >= 0.3 is 0 Å². The maximum Gasteiger partial charge on any atom is 0.175 e. The smallest absolute Gasteiger partial charge is 0.175 e. The standard InChI is InChI=1S/C40H53N5O2/c1-6-7-24-45(31-39(46)29-43-25-20-35(21-26-43)10-8-33-12-16-37(17-13-33)41(2)3)32-40(47)30-44-27-22-36(23-28-44)11-9-34-14-18-38(19-15-34)42(4)5/h8-23,25-28,39-40,46-47H,6-7,24,29-32H2,1-5H3/q+2. The van der Waals surface area contributed by atoms with Crippen molar-refractivity contribution in [3.8, 4) is 0 Å². The van der Waals surface area contributed by atoms with Crippen molar-refractivity contribution in [1.29, 1.82) is 0 Å². The van der Waals surface area contributed by atoms with Crippen molar-refractivity contribution in [2.45, 2.75) is 45.1 Å². The molecule has 0 amide bonds. The molecule has 0 aliphatic heterocycles. The third-order valence-corrected chi connectivity index (χ3v) is 8.20. The van der Waals surface area contributed by atoms with Gasteiger partial charge in [-0.2, -0.15) is 0 Å². The minimum absolute atomic E-state index is 0.498. The highest BCUT2D eigenvalue weighted by atomic mass is 16.3. The molecule has 2 heterocycles. The molecule has 0 aliphatic rings. The Morgan fingerprint density at radius 3 is 1.21 bits per heavy atom. The Kier molecular flexibility index (Phi) is 13.7. The molecule has 0 radical (unpaired) electrons. The maximum atomic E-state index is 11.0. The largest absolute Gasteiger partial charge is 0.385 e. The minimum atomic E-state index is -0.543. The number of hydrogen-bond acceptors (Lipinski definition) is 5. The third kappa shape index (κ3) is 12.1. The number of anilines is 2. The number of hydrogen-bond donors (Lipinski definition) is 2. The second kappa shape index (κ2) is 18.1. The van der Waals surface area contributed by atoms with E-state index in [-0.39, 0.29) is 0 Å². The van der Waals surface area contributed by atoms with Gasteiger partial charge in [-0.3, -0.25) is 4.90 Å². The van der Waals surface area contributed by atoms with Crippen LogP contribution in [0.3, 0.4) is 0 Å². The average Bonchev–Trinajstić information content (AvgIpc) is 3.07. The van der Waals surface area contributed by atoms with E-state index in [9.17, 15) is 10.2 Å². The lowest BCUT2D eigenvalue weighted by Crippen LogP contribution is -2.48. The minimum Gasteiger partial charge on any atom is -0.385 e. The fourth-order valence-electron chi connectivity index (χ4n) is 5.39. The second-order valence-corrected chi connectivity index (χ2v) is 12.7. The molecule has 0 fully saturated rings. The molecular weight excluding hydrogens is 582 g/mol.